The van der Waals surface area contributed by atoms with Crippen LogP contribution in [-0.4, -0.2) is 36.2 Å². The molecule has 1 fully saturated rings. The summed E-state index contributed by atoms with van der Waals surface area (Å²) < 4.78 is 6.12. The summed E-state index contributed by atoms with van der Waals surface area (Å²) in [6.07, 6.45) is 4.37. The molecule has 134 valence electrons. The number of carbonyl (C=O) groups excluding carboxylic acids is 2. The van der Waals surface area contributed by atoms with Gasteiger partial charge in [-0.25, -0.2) is 0 Å². The first-order valence-corrected chi connectivity index (χ1v) is 9.65. The highest BCUT2D eigenvalue weighted by Crippen LogP contribution is 2.25. The molecule has 5 nitrogen and oxygen atoms in total. The number of Topliss-reactive ketones (excluding diaryl/α,β-unsaturated/α-hetero) is 1. The molecule has 1 aliphatic heterocycles. The smallest absolute Gasteiger partial charge is 0.220 e. The van der Waals surface area contributed by atoms with Crippen LogP contribution in [-0.2, 0) is 4.79 Å². The second-order valence-electron chi connectivity index (χ2n) is 6.11. The maximum absolute atomic E-state index is 12.1. The first-order valence-electron chi connectivity index (χ1n) is 8.46. The zero-order valence-electron chi connectivity index (χ0n) is 13.9. The summed E-state index contributed by atoms with van der Waals surface area (Å²) in [5.74, 6) is 0.701. The number of likely N-dealkylation sites (tertiary alicyclic amines) is 1. The summed E-state index contributed by atoms with van der Waals surface area (Å²) in [5, 5.41) is 2.94. The number of rotatable bonds is 8. The Morgan fingerprint density at radius 2 is 2.04 bits per heavy atom. The Labute approximate surface area is 156 Å². The molecule has 25 heavy (non-hydrogen) atoms. The van der Waals surface area contributed by atoms with Crippen LogP contribution < -0.4 is 5.32 Å². The summed E-state index contributed by atoms with van der Waals surface area (Å²) in [5.41, 5.74) is 0. The second kappa shape index (κ2) is 8.65. The van der Waals surface area contributed by atoms with Crippen LogP contribution >= 0.6 is 22.9 Å². The van der Waals surface area contributed by atoms with Gasteiger partial charge in [0.15, 0.2) is 5.78 Å². The number of nitrogens with zero attached hydrogens (tertiary/aromatic N) is 1. The molecule has 2 aromatic heterocycles. The lowest BCUT2D eigenvalue weighted by molar-refractivity contribution is -0.121. The normalized spacial score (nSPS) is 16.0. The number of hydrogen-bond acceptors (Lipinski definition) is 5. The van der Waals surface area contributed by atoms with Crippen LogP contribution in [0.25, 0.3) is 0 Å². The summed E-state index contributed by atoms with van der Waals surface area (Å²) in [6.45, 7) is 2.52. The molecule has 0 aliphatic carbocycles. The zero-order valence-corrected chi connectivity index (χ0v) is 15.4. The van der Waals surface area contributed by atoms with Crippen LogP contribution in [0.15, 0.2) is 34.9 Å². The molecule has 1 amide bonds. The third-order valence-corrected chi connectivity index (χ3v) is 5.64. The van der Waals surface area contributed by atoms with Gasteiger partial charge in [-0.05, 0) is 50.2 Å². The van der Waals surface area contributed by atoms with Crippen molar-refractivity contribution in [3.63, 3.8) is 0 Å². The third kappa shape index (κ3) is 4.93. The number of furan rings is 1. The minimum atomic E-state index is -0.119. The van der Waals surface area contributed by atoms with E-state index in [4.69, 9.17) is 16.0 Å². The summed E-state index contributed by atoms with van der Waals surface area (Å²) in [4.78, 5) is 27.1. The van der Waals surface area contributed by atoms with E-state index >= 15 is 0 Å². The van der Waals surface area contributed by atoms with E-state index in [9.17, 15) is 9.59 Å². The number of nitrogens with one attached hydrogen (secondary N) is 1. The van der Waals surface area contributed by atoms with Crippen LogP contribution in [0.4, 0.5) is 0 Å². The van der Waals surface area contributed by atoms with E-state index in [0.717, 1.165) is 18.8 Å². The molecule has 0 radical (unpaired) electrons. The molecule has 0 bridgehead atoms. The summed E-state index contributed by atoms with van der Waals surface area (Å²) >= 11 is 7.08. The van der Waals surface area contributed by atoms with Crippen LogP contribution in [0.2, 0.25) is 4.34 Å². The van der Waals surface area contributed by atoms with Crippen molar-refractivity contribution in [2.75, 3.05) is 19.6 Å². The predicted molar refractivity (Wildman–Crippen MR) is 98.2 cm³/mol. The van der Waals surface area contributed by atoms with Crippen molar-refractivity contribution in [2.24, 2.45) is 0 Å². The van der Waals surface area contributed by atoms with Crippen molar-refractivity contribution in [3.05, 3.63) is 45.5 Å². The molecule has 3 heterocycles. The van der Waals surface area contributed by atoms with Gasteiger partial charge in [0.05, 0.1) is 21.5 Å². The number of thiophene rings is 1. The molecule has 0 saturated carbocycles. The number of amides is 1. The van der Waals surface area contributed by atoms with E-state index < -0.39 is 0 Å². The van der Waals surface area contributed by atoms with Crippen LogP contribution in [0.5, 0.6) is 0 Å². The van der Waals surface area contributed by atoms with Gasteiger partial charge in [0.1, 0.15) is 5.76 Å². The molecule has 1 N–H and O–H groups in total. The first-order chi connectivity index (χ1) is 12.1. The molecule has 0 aromatic carbocycles. The van der Waals surface area contributed by atoms with Gasteiger partial charge in [-0.3, -0.25) is 14.5 Å². The molecule has 2 aromatic rings. The van der Waals surface area contributed by atoms with Gasteiger partial charge in [0.2, 0.25) is 5.91 Å². The van der Waals surface area contributed by atoms with Crippen molar-refractivity contribution in [3.8, 4) is 0 Å². The quantitative estimate of drug-likeness (QED) is 0.705. The topological polar surface area (TPSA) is 62.6 Å². The van der Waals surface area contributed by atoms with Gasteiger partial charge >= 0.3 is 0 Å². The molecule has 0 spiro atoms. The first kappa shape index (κ1) is 18.2. The van der Waals surface area contributed by atoms with Gasteiger partial charge in [0, 0.05) is 19.4 Å². The SMILES string of the molecule is O=C(CCC(=O)c1ccc(Cl)s1)NCC(c1ccco1)N1CCCC1. The molecular formula is C18H21ClN2O3S. The average molecular weight is 381 g/mol. The Morgan fingerprint density at radius 3 is 2.68 bits per heavy atom. The Morgan fingerprint density at radius 1 is 1.24 bits per heavy atom. The van der Waals surface area contributed by atoms with Gasteiger partial charge in [-0.1, -0.05) is 11.6 Å². The summed E-state index contributed by atoms with van der Waals surface area (Å²) in [7, 11) is 0. The molecule has 1 unspecified atom stereocenters. The van der Waals surface area contributed by atoms with Crippen LogP contribution in [0.3, 0.4) is 0 Å². The molecule has 7 heteroatoms. The van der Waals surface area contributed by atoms with E-state index in [1.807, 2.05) is 12.1 Å². The van der Waals surface area contributed by atoms with Crippen molar-refractivity contribution < 1.29 is 14.0 Å². The third-order valence-electron chi connectivity index (χ3n) is 4.37. The fourth-order valence-corrected chi connectivity index (χ4v) is 4.07. The molecule has 1 aliphatic rings. The maximum atomic E-state index is 12.1. The highest BCUT2D eigenvalue weighted by Gasteiger charge is 2.26. The average Bonchev–Trinajstić information content (AvgIpc) is 3.35. The minimum Gasteiger partial charge on any atom is -0.468 e. The van der Waals surface area contributed by atoms with Gasteiger partial charge in [0.25, 0.3) is 0 Å². The number of carbonyl (C=O) groups is 2. The zero-order chi connectivity index (χ0) is 17.6. The predicted octanol–water partition coefficient (Wildman–Crippen LogP) is 3.91. The maximum Gasteiger partial charge on any atom is 0.220 e. The second-order valence-corrected chi connectivity index (χ2v) is 7.82. The molecule has 1 saturated heterocycles. The Balaban J connectivity index is 1.49. The van der Waals surface area contributed by atoms with Gasteiger partial charge < -0.3 is 9.73 Å². The highest BCUT2D eigenvalue weighted by molar-refractivity contribution is 7.18. The highest BCUT2D eigenvalue weighted by atomic mass is 35.5. The standard InChI is InChI=1S/C18H21ClN2O3S/c19-17-7-6-16(25-17)14(22)5-8-18(23)20-12-13(15-4-3-11-24-15)21-9-1-2-10-21/h3-4,6-7,11,13H,1-2,5,8-10,12H2,(H,20,23). The Kier molecular flexibility index (Phi) is 6.29. The fourth-order valence-electron chi connectivity index (χ4n) is 3.06. The van der Waals surface area contributed by atoms with Crippen LogP contribution in [0, 0.1) is 0 Å². The lowest BCUT2D eigenvalue weighted by Crippen LogP contribution is -2.36. The molecule has 1 atom stereocenters. The van der Waals surface area contributed by atoms with E-state index in [0.29, 0.717) is 15.8 Å². The van der Waals surface area contributed by atoms with E-state index in [-0.39, 0.29) is 30.6 Å². The van der Waals surface area contributed by atoms with Crippen molar-refractivity contribution in [2.45, 2.75) is 31.7 Å². The molecular weight excluding hydrogens is 360 g/mol. The Hall–Kier alpha value is -1.63. The van der Waals surface area contributed by atoms with E-state index in [2.05, 4.69) is 10.2 Å². The summed E-state index contributed by atoms with van der Waals surface area (Å²) in [6, 6.07) is 7.26. The number of halogens is 1. The van der Waals surface area contributed by atoms with Crippen molar-refractivity contribution >= 4 is 34.6 Å². The van der Waals surface area contributed by atoms with Gasteiger partial charge in [-0.2, -0.15) is 0 Å². The van der Waals surface area contributed by atoms with Crippen molar-refractivity contribution in [1.29, 1.82) is 0 Å². The fraction of sp³-hybridized carbons (Fsp3) is 0.444. The number of hydrogen-bond donors (Lipinski definition) is 1. The van der Waals surface area contributed by atoms with Crippen molar-refractivity contribution in [1.82, 2.24) is 10.2 Å². The van der Waals surface area contributed by atoms with E-state index in [1.54, 1.807) is 18.4 Å². The molecule has 3 rings (SSSR count). The lowest BCUT2D eigenvalue weighted by Gasteiger charge is -2.26. The van der Waals surface area contributed by atoms with Crippen LogP contribution in [0.1, 0.15) is 47.2 Å². The largest absolute Gasteiger partial charge is 0.468 e. The Bertz CT molecular complexity index is 708. The lowest BCUT2D eigenvalue weighted by atomic mass is 10.1. The monoisotopic (exact) mass is 380 g/mol. The minimum absolute atomic E-state index is 0.0471. The van der Waals surface area contributed by atoms with Gasteiger partial charge in [-0.15, -0.1) is 11.3 Å². The number of ketones is 1. The van der Waals surface area contributed by atoms with E-state index in [1.165, 1.54) is 24.2 Å².